The maximum atomic E-state index is 11.9. The summed E-state index contributed by atoms with van der Waals surface area (Å²) in [4.78, 5) is 2.39. The van der Waals surface area contributed by atoms with Gasteiger partial charge in [-0.25, -0.2) is 12.7 Å². The third kappa shape index (κ3) is 4.06. The number of hydrogen-bond acceptors (Lipinski definition) is 5. The fourth-order valence-electron chi connectivity index (χ4n) is 2.16. The standard InChI is InChI=1S/C14H25N3O3S/c1-11(17(4)12-5-6-12)9-15-10-13-7-8-14(20-13)21(18,19)16(2)3/h7-8,11-12,15H,5-6,9-10H2,1-4H3. The molecule has 1 N–H and O–H groups in total. The van der Waals surface area contributed by atoms with Gasteiger partial charge in [-0.2, -0.15) is 0 Å². The third-order valence-electron chi connectivity index (χ3n) is 3.93. The first-order chi connectivity index (χ1) is 9.82. The van der Waals surface area contributed by atoms with Crippen LogP contribution in [-0.4, -0.2) is 57.4 Å². The molecule has 0 aliphatic heterocycles. The number of nitrogens with zero attached hydrogens (tertiary/aromatic N) is 2. The van der Waals surface area contributed by atoms with E-state index in [1.807, 2.05) is 0 Å². The molecule has 0 aromatic carbocycles. The van der Waals surface area contributed by atoms with Crippen LogP contribution in [0.1, 0.15) is 25.5 Å². The van der Waals surface area contributed by atoms with Crippen molar-refractivity contribution >= 4 is 10.0 Å². The zero-order chi connectivity index (χ0) is 15.6. The summed E-state index contributed by atoms with van der Waals surface area (Å²) in [5.74, 6) is 0.636. The van der Waals surface area contributed by atoms with E-state index in [1.54, 1.807) is 6.07 Å². The van der Waals surface area contributed by atoms with Crippen molar-refractivity contribution in [2.75, 3.05) is 27.7 Å². The van der Waals surface area contributed by atoms with Crippen molar-refractivity contribution in [3.8, 4) is 0 Å². The molecule has 1 saturated carbocycles. The van der Waals surface area contributed by atoms with Crippen molar-refractivity contribution < 1.29 is 12.8 Å². The molecule has 1 fully saturated rings. The van der Waals surface area contributed by atoms with Crippen molar-refractivity contribution in [2.24, 2.45) is 0 Å². The van der Waals surface area contributed by atoms with E-state index in [-0.39, 0.29) is 5.09 Å². The molecule has 21 heavy (non-hydrogen) atoms. The summed E-state index contributed by atoms with van der Waals surface area (Å²) in [6, 6.07) is 4.41. The molecule has 0 amide bonds. The molecular weight excluding hydrogens is 290 g/mol. The highest BCUT2D eigenvalue weighted by molar-refractivity contribution is 7.88. The van der Waals surface area contributed by atoms with Crippen molar-refractivity contribution in [3.05, 3.63) is 17.9 Å². The molecule has 0 saturated heterocycles. The van der Waals surface area contributed by atoms with Crippen molar-refractivity contribution in [1.29, 1.82) is 0 Å². The first-order valence-electron chi connectivity index (χ1n) is 7.26. The van der Waals surface area contributed by atoms with Crippen LogP contribution in [0.5, 0.6) is 0 Å². The number of nitrogens with one attached hydrogen (secondary N) is 1. The highest BCUT2D eigenvalue weighted by Crippen LogP contribution is 2.26. The molecule has 0 bridgehead atoms. The van der Waals surface area contributed by atoms with E-state index < -0.39 is 10.0 Å². The maximum absolute atomic E-state index is 11.9. The van der Waals surface area contributed by atoms with E-state index in [0.717, 1.165) is 16.9 Å². The highest BCUT2D eigenvalue weighted by atomic mass is 32.2. The topological polar surface area (TPSA) is 65.8 Å². The lowest BCUT2D eigenvalue weighted by molar-refractivity contribution is 0.239. The Morgan fingerprint density at radius 3 is 2.57 bits per heavy atom. The Morgan fingerprint density at radius 2 is 2.00 bits per heavy atom. The van der Waals surface area contributed by atoms with E-state index >= 15 is 0 Å². The largest absolute Gasteiger partial charge is 0.447 e. The molecule has 1 aliphatic carbocycles. The Kier molecular flexibility index (Phi) is 5.08. The molecule has 120 valence electrons. The minimum absolute atomic E-state index is 0.00699. The third-order valence-corrected chi connectivity index (χ3v) is 5.62. The number of hydrogen-bond donors (Lipinski definition) is 1. The van der Waals surface area contributed by atoms with Gasteiger partial charge in [-0.3, -0.25) is 4.90 Å². The molecule has 2 rings (SSSR count). The van der Waals surface area contributed by atoms with Gasteiger partial charge in [0, 0.05) is 32.7 Å². The van der Waals surface area contributed by atoms with Crippen molar-refractivity contribution in [1.82, 2.24) is 14.5 Å². The number of likely N-dealkylation sites (N-methyl/N-ethyl adjacent to an activating group) is 1. The second-order valence-electron chi connectivity index (χ2n) is 5.88. The summed E-state index contributed by atoms with van der Waals surface area (Å²) in [5.41, 5.74) is 0. The minimum atomic E-state index is -3.48. The zero-order valence-electron chi connectivity index (χ0n) is 13.2. The average molecular weight is 315 g/mol. The average Bonchev–Trinajstić information content (AvgIpc) is 3.16. The smallest absolute Gasteiger partial charge is 0.275 e. The molecule has 1 aromatic rings. The predicted octanol–water partition coefficient (Wildman–Crippen LogP) is 1.10. The van der Waals surface area contributed by atoms with E-state index in [9.17, 15) is 8.42 Å². The maximum Gasteiger partial charge on any atom is 0.275 e. The Morgan fingerprint density at radius 1 is 1.33 bits per heavy atom. The number of furan rings is 1. The normalized spacial score (nSPS) is 17.6. The van der Waals surface area contributed by atoms with Gasteiger partial charge in [0.25, 0.3) is 10.0 Å². The number of rotatable bonds is 8. The van der Waals surface area contributed by atoms with Gasteiger partial charge in [0.2, 0.25) is 5.09 Å². The molecule has 0 spiro atoms. The Hall–Kier alpha value is -0.890. The monoisotopic (exact) mass is 315 g/mol. The van der Waals surface area contributed by atoms with Gasteiger partial charge >= 0.3 is 0 Å². The minimum Gasteiger partial charge on any atom is -0.447 e. The van der Waals surface area contributed by atoms with Gasteiger partial charge in [0.1, 0.15) is 5.76 Å². The Labute approximate surface area is 127 Å². The van der Waals surface area contributed by atoms with Gasteiger partial charge < -0.3 is 9.73 Å². The zero-order valence-corrected chi connectivity index (χ0v) is 14.0. The van der Waals surface area contributed by atoms with E-state index in [0.29, 0.717) is 18.3 Å². The Balaban J connectivity index is 1.83. The van der Waals surface area contributed by atoms with E-state index in [4.69, 9.17) is 4.42 Å². The lowest BCUT2D eigenvalue weighted by Gasteiger charge is -2.24. The van der Waals surface area contributed by atoms with E-state index in [2.05, 4.69) is 24.2 Å². The summed E-state index contributed by atoms with van der Waals surface area (Å²) < 4.78 is 30.4. The Bertz CT molecular complexity index is 564. The number of sulfonamides is 1. The quantitative estimate of drug-likeness (QED) is 0.778. The summed E-state index contributed by atoms with van der Waals surface area (Å²) >= 11 is 0. The van der Waals surface area contributed by atoms with E-state index in [1.165, 1.54) is 33.0 Å². The summed E-state index contributed by atoms with van der Waals surface area (Å²) in [6.45, 7) is 3.57. The van der Waals surface area contributed by atoms with Crippen LogP contribution in [0.25, 0.3) is 0 Å². The fraction of sp³-hybridized carbons (Fsp3) is 0.714. The summed E-state index contributed by atoms with van der Waals surface area (Å²) in [7, 11) is 1.65. The van der Waals surface area contributed by atoms with Gasteiger partial charge in [0.05, 0.1) is 6.54 Å². The van der Waals surface area contributed by atoms with Gasteiger partial charge in [-0.15, -0.1) is 0 Å². The molecular formula is C14H25N3O3S. The molecule has 1 aliphatic rings. The molecule has 1 aromatic heterocycles. The summed E-state index contributed by atoms with van der Waals surface area (Å²) in [6.07, 6.45) is 2.59. The lowest BCUT2D eigenvalue weighted by atomic mass is 10.3. The van der Waals surface area contributed by atoms with Crippen LogP contribution in [0, 0.1) is 0 Å². The second-order valence-corrected chi connectivity index (χ2v) is 7.97. The second kappa shape index (κ2) is 6.48. The van der Waals surface area contributed by atoms with Crippen LogP contribution >= 0.6 is 0 Å². The molecule has 7 heteroatoms. The molecule has 0 radical (unpaired) electrons. The van der Waals surface area contributed by atoms with Crippen LogP contribution in [0.4, 0.5) is 0 Å². The van der Waals surface area contributed by atoms with Crippen molar-refractivity contribution in [2.45, 2.75) is 43.5 Å². The fourth-order valence-corrected chi connectivity index (χ4v) is 2.97. The highest BCUT2D eigenvalue weighted by Gasteiger charge is 2.28. The van der Waals surface area contributed by atoms with Crippen LogP contribution in [0.15, 0.2) is 21.6 Å². The lowest BCUT2D eigenvalue weighted by Crippen LogP contribution is -2.38. The predicted molar refractivity (Wildman–Crippen MR) is 81.5 cm³/mol. The van der Waals surface area contributed by atoms with Crippen LogP contribution in [0.3, 0.4) is 0 Å². The molecule has 1 unspecified atom stereocenters. The van der Waals surface area contributed by atoms with Crippen LogP contribution in [-0.2, 0) is 16.6 Å². The van der Waals surface area contributed by atoms with Gasteiger partial charge in [-0.1, -0.05) is 0 Å². The van der Waals surface area contributed by atoms with Crippen molar-refractivity contribution in [3.63, 3.8) is 0 Å². The van der Waals surface area contributed by atoms with Gasteiger partial charge in [0.15, 0.2) is 0 Å². The summed E-state index contributed by atoms with van der Waals surface area (Å²) in [5, 5.41) is 3.31. The first kappa shape index (κ1) is 16.5. The molecule has 1 heterocycles. The van der Waals surface area contributed by atoms with Gasteiger partial charge in [-0.05, 0) is 38.9 Å². The SMILES string of the molecule is CC(CNCc1ccc(S(=O)(=O)N(C)C)o1)N(C)C1CC1. The first-order valence-corrected chi connectivity index (χ1v) is 8.70. The molecule has 1 atom stereocenters. The van der Waals surface area contributed by atoms with Crippen LogP contribution in [0.2, 0.25) is 0 Å². The van der Waals surface area contributed by atoms with Crippen LogP contribution < -0.4 is 5.32 Å². The molecule has 6 nitrogen and oxygen atoms in total.